The maximum Gasteiger partial charge on any atom is 0.225 e. The van der Waals surface area contributed by atoms with E-state index in [0.29, 0.717) is 32.0 Å². The molecule has 1 saturated heterocycles. The number of carbonyl (C=O) groups excluding carboxylic acids is 2. The van der Waals surface area contributed by atoms with Gasteiger partial charge in [0.15, 0.2) is 0 Å². The zero-order valence-electron chi connectivity index (χ0n) is 15.0. The highest BCUT2D eigenvalue weighted by molar-refractivity contribution is 5.84. The number of amides is 2. The molecular weight excluding hydrogens is 328 g/mol. The molecule has 1 atom stereocenters. The van der Waals surface area contributed by atoms with Crippen LogP contribution < -0.4 is 5.32 Å². The number of carbonyl (C=O) groups is 2. The van der Waals surface area contributed by atoms with Crippen LogP contribution in [0, 0.1) is 12.8 Å². The van der Waals surface area contributed by atoms with Crippen molar-refractivity contribution in [1.82, 2.24) is 19.8 Å². The molecule has 1 N–H and O–H groups in total. The fourth-order valence-corrected chi connectivity index (χ4v) is 3.58. The number of aromatic nitrogens is 2. The summed E-state index contributed by atoms with van der Waals surface area (Å²) < 4.78 is 2.02. The number of hydrogen-bond donors (Lipinski definition) is 1. The second kappa shape index (κ2) is 6.94. The maximum absolute atomic E-state index is 12.5. The summed E-state index contributed by atoms with van der Waals surface area (Å²) in [5.74, 6) is 1.12. The van der Waals surface area contributed by atoms with Crippen molar-refractivity contribution >= 4 is 11.8 Å². The van der Waals surface area contributed by atoms with Crippen molar-refractivity contribution < 1.29 is 9.59 Å². The molecule has 1 saturated carbocycles. The predicted molar refractivity (Wildman–Crippen MR) is 97.6 cm³/mol. The molecule has 1 aromatic heterocycles. The summed E-state index contributed by atoms with van der Waals surface area (Å²) in [5.41, 5.74) is 2.12. The van der Waals surface area contributed by atoms with Crippen molar-refractivity contribution in [2.45, 2.75) is 45.2 Å². The zero-order chi connectivity index (χ0) is 18.1. The molecule has 2 amide bonds. The van der Waals surface area contributed by atoms with Gasteiger partial charge in [0.2, 0.25) is 11.8 Å². The van der Waals surface area contributed by atoms with Gasteiger partial charge >= 0.3 is 0 Å². The van der Waals surface area contributed by atoms with E-state index in [2.05, 4.69) is 10.3 Å². The van der Waals surface area contributed by atoms with Crippen molar-refractivity contribution in [2.75, 3.05) is 6.54 Å². The van der Waals surface area contributed by atoms with Crippen LogP contribution in [0.25, 0.3) is 5.69 Å². The summed E-state index contributed by atoms with van der Waals surface area (Å²) in [6.45, 7) is 3.05. The zero-order valence-corrected chi connectivity index (χ0v) is 15.0. The maximum atomic E-state index is 12.5. The Balaban J connectivity index is 1.33. The van der Waals surface area contributed by atoms with Crippen LogP contribution in [-0.2, 0) is 16.1 Å². The summed E-state index contributed by atoms with van der Waals surface area (Å²) in [6.07, 6.45) is 7.04. The third-order valence-electron chi connectivity index (χ3n) is 5.31. The average molecular weight is 352 g/mol. The molecule has 2 heterocycles. The molecule has 2 fully saturated rings. The van der Waals surface area contributed by atoms with Gasteiger partial charge in [-0.25, -0.2) is 4.98 Å². The highest BCUT2D eigenvalue weighted by Crippen LogP contribution is 2.31. The summed E-state index contributed by atoms with van der Waals surface area (Å²) in [6, 6.07) is 8.50. The number of nitrogens with one attached hydrogen (secondary N) is 1. The lowest BCUT2D eigenvalue weighted by Gasteiger charge is -2.32. The van der Waals surface area contributed by atoms with Crippen molar-refractivity contribution in [2.24, 2.45) is 5.92 Å². The van der Waals surface area contributed by atoms with Crippen molar-refractivity contribution in [3.8, 4) is 5.69 Å². The first kappa shape index (κ1) is 16.8. The first-order valence-corrected chi connectivity index (χ1v) is 9.28. The van der Waals surface area contributed by atoms with Crippen molar-refractivity contribution in [3.63, 3.8) is 0 Å². The standard InChI is InChI=1S/C20H24N4O2/c1-14-21-10-11-23(14)17-5-2-15(3-6-17)12-22-20(26)16-4-9-19(25)24(13-16)18-7-8-18/h2-3,5-6,10-11,16,18H,4,7-9,12-13H2,1H3,(H,22,26)/t16-/m1/s1. The molecule has 0 unspecified atom stereocenters. The van der Waals surface area contributed by atoms with Crippen LogP contribution in [0.2, 0.25) is 0 Å². The van der Waals surface area contributed by atoms with Gasteiger partial charge in [0.05, 0.1) is 5.92 Å². The molecule has 0 bridgehead atoms. The molecule has 0 spiro atoms. The Labute approximate surface area is 153 Å². The SMILES string of the molecule is Cc1nccn1-c1ccc(CNC(=O)[C@@H]2CCC(=O)N(C3CC3)C2)cc1. The second-order valence-electron chi connectivity index (χ2n) is 7.24. The molecule has 26 heavy (non-hydrogen) atoms. The summed E-state index contributed by atoms with van der Waals surface area (Å²) in [5, 5.41) is 3.03. The van der Waals surface area contributed by atoms with Gasteiger partial charge in [-0.2, -0.15) is 0 Å². The third-order valence-corrected chi connectivity index (χ3v) is 5.31. The van der Waals surface area contributed by atoms with Crippen LogP contribution in [0.1, 0.15) is 37.1 Å². The van der Waals surface area contributed by atoms with Crippen molar-refractivity contribution in [1.29, 1.82) is 0 Å². The van der Waals surface area contributed by atoms with Crippen LogP contribution >= 0.6 is 0 Å². The summed E-state index contributed by atoms with van der Waals surface area (Å²) in [7, 11) is 0. The second-order valence-corrected chi connectivity index (χ2v) is 7.24. The fraction of sp³-hybridized carbons (Fsp3) is 0.450. The van der Waals surface area contributed by atoms with Crippen LogP contribution in [0.3, 0.4) is 0 Å². The molecule has 6 nitrogen and oxygen atoms in total. The lowest BCUT2D eigenvalue weighted by molar-refractivity contribution is -0.138. The lowest BCUT2D eigenvalue weighted by Crippen LogP contribution is -2.46. The van der Waals surface area contributed by atoms with Gasteiger partial charge in [0.25, 0.3) is 0 Å². The predicted octanol–water partition coefficient (Wildman–Crippen LogP) is 2.20. The molecule has 4 rings (SSSR count). The van der Waals surface area contributed by atoms with E-state index in [4.69, 9.17) is 0 Å². The number of nitrogens with zero attached hydrogens (tertiary/aromatic N) is 3. The van der Waals surface area contributed by atoms with Gasteiger partial charge in [-0.3, -0.25) is 9.59 Å². The number of imidazole rings is 1. The van der Waals surface area contributed by atoms with E-state index in [0.717, 1.165) is 29.9 Å². The topological polar surface area (TPSA) is 67.2 Å². The van der Waals surface area contributed by atoms with Crippen LogP contribution in [0.5, 0.6) is 0 Å². The summed E-state index contributed by atoms with van der Waals surface area (Å²) >= 11 is 0. The molecule has 1 aliphatic carbocycles. The quantitative estimate of drug-likeness (QED) is 0.897. The Bertz CT molecular complexity index is 807. The van der Waals surface area contributed by atoms with E-state index in [1.807, 2.05) is 46.9 Å². The number of likely N-dealkylation sites (tertiary alicyclic amines) is 1. The first-order valence-electron chi connectivity index (χ1n) is 9.28. The highest BCUT2D eigenvalue weighted by atomic mass is 16.2. The van der Waals surface area contributed by atoms with Gasteiger partial charge < -0.3 is 14.8 Å². The molecule has 6 heteroatoms. The molecule has 1 aromatic carbocycles. The minimum Gasteiger partial charge on any atom is -0.352 e. The van der Waals surface area contributed by atoms with Gasteiger partial charge in [0.1, 0.15) is 5.82 Å². The van der Waals surface area contributed by atoms with E-state index >= 15 is 0 Å². The molecule has 0 radical (unpaired) electrons. The normalized spacial score (nSPS) is 20.3. The van der Waals surface area contributed by atoms with E-state index < -0.39 is 0 Å². The molecule has 136 valence electrons. The minimum absolute atomic E-state index is 0.0534. The monoisotopic (exact) mass is 352 g/mol. The van der Waals surface area contributed by atoms with E-state index in [1.54, 1.807) is 6.20 Å². The van der Waals surface area contributed by atoms with Crippen LogP contribution in [-0.4, -0.2) is 38.9 Å². The van der Waals surface area contributed by atoms with E-state index in [9.17, 15) is 9.59 Å². The Morgan fingerprint density at radius 2 is 2.00 bits per heavy atom. The highest BCUT2D eigenvalue weighted by Gasteiger charge is 2.38. The number of benzene rings is 1. The smallest absolute Gasteiger partial charge is 0.225 e. The number of piperidine rings is 1. The lowest BCUT2D eigenvalue weighted by atomic mass is 9.96. The number of aryl methyl sites for hydroxylation is 1. The Kier molecular flexibility index (Phi) is 4.49. The van der Waals surface area contributed by atoms with E-state index in [-0.39, 0.29) is 17.7 Å². The van der Waals surface area contributed by atoms with Gasteiger partial charge in [-0.1, -0.05) is 12.1 Å². The Morgan fingerprint density at radius 3 is 2.65 bits per heavy atom. The van der Waals surface area contributed by atoms with Gasteiger partial charge in [-0.15, -0.1) is 0 Å². The molecular formula is C20H24N4O2. The largest absolute Gasteiger partial charge is 0.352 e. The first-order chi connectivity index (χ1) is 12.6. The van der Waals surface area contributed by atoms with Crippen molar-refractivity contribution in [3.05, 3.63) is 48.0 Å². The number of hydrogen-bond acceptors (Lipinski definition) is 3. The fourth-order valence-electron chi connectivity index (χ4n) is 3.58. The van der Waals surface area contributed by atoms with Gasteiger partial charge in [0, 0.05) is 43.6 Å². The van der Waals surface area contributed by atoms with Crippen LogP contribution in [0.15, 0.2) is 36.7 Å². The minimum atomic E-state index is -0.0822. The third kappa shape index (κ3) is 3.49. The van der Waals surface area contributed by atoms with E-state index in [1.165, 1.54) is 0 Å². The Hall–Kier alpha value is -2.63. The number of rotatable bonds is 5. The molecule has 2 aliphatic rings. The summed E-state index contributed by atoms with van der Waals surface area (Å²) in [4.78, 5) is 30.6. The molecule has 2 aromatic rings. The van der Waals surface area contributed by atoms with Gasteiger partial charge in [-0.05, 0) is 43.9 Å². The average Bonchev–Trinajstić information content (AvgIpc) is 3.41. The molecule has 1 aliphatic heterocycles. The Morgan fingerprint density at radius 1 is 1.23 bits per heavy atom. The van der Waals surface area contributed by atoms with Crippen LogP contribution in [0.4, 0.5) is 0 Å².